The molecule has 3 N–H and O–H groups in total. The molecular formula is C15H24N2O. The third kappa shape index (κ3) is 3.03. The van der Waals surface area contributed by atoms with E-state index in [4.69, 9.17) is 10.6 Å². The van der Waals surface area contributed by atoms with E-state index in [0.29, 0.717) is 5.92 Å². The summed E-state index contributed by atoms with van der Waals surface area (Å²) in [5.74, 6) is 8.17. The van der Waals surface area contributed by atoms with Crippen LogP contribution in [0.5, 0.6) is 5.75 Å². The van der Waals surface area contributed by atoms with E-state index in [1.165, 1.54) is 31.2 Å². The van der Waals surface area contributed by atoms with Gasteiger partial charge in [-0.1, -0.05) is 31.9 Å². The predicted octanol–water partition coefficient (Wildman–Crippen LogP) is 3.03. The van der Waals surface area contributed by atoms with Crippen molar-refractivity contribution in [3.8, 4) is 5.75 Å². The highest BCUT2D eigenvalue weighted by molar-refractivity contribution is 5.30. The standard InChI is InChI=1S/C15H24N2O/c1-11-6-8-12(9-7-11)15(17-16)13-4-3-5-14(10-13)18-2/h3-5,10-12,15,17H,6-9,16H2,1-2H3. The summed E-state index contributed by atoms with van der Waals surface area (Å²) in [4.78, 5) is 0. The molecule has 1 aromatic rings. The van der Waals surface area contributed by atoms with Crippen LogP contribution in [0.4, 0.5) is 0 Å². The van der Waals surface area contributed by atoms with Crippen LogP contribution in [0.15, 0.2) is 24.3 Å². The summed E-state index contributed by atoms with van der Waals surface area (Å²) in [6.45, 7) is 2.34. The fourth-order valence-corrected chi connectivity index (χ4v) is 2.96. The monoisotopic (exact) mass is 248 g/mol. The Morgan fingerprint density at radius 3 is 2.61 bits per heavy atom. The molecule has 1 fully saturated rings. The fraction of sp³-hybridized carbons (Fsp3) is 0.600. The summed E-state index contributed by atoms with van der Waals surface area (Å²) in [5.41, 5.74) is 4.23. The second-order valence-corrected chi connectivity index (χ2v) is 5.44. The van der Waals surface area contributed by atoms with E-state index in [1.807, 2.05) is 12.1 Å². The van der Waals surface area contributed by atoms with Crippen molar-refractivity contribution >= 4 is 0 Å². The molecule has 2 rings (SSSR count). The second-order valence-electron chi connectivity index (χ2n) is 5.44. The molecule has 18 heavy (non-hydrogen) atoms. The van der Waals surface area contributed by atoms with E-state index in [9.17, 15) is 0 Å². The lowest BCUT2D eigenvalue weighted by atomic mass is 9.77. The third-order valence-electron chi connectivity index (χ3n) is 4.16. The van der Waals surface area contributed by atoms with Crippen molar-refractivity contribution in [3.05, 3.63) is 29.8 Å². The van der Waals surface area contributed by atoms with Crippen molar-refractivity contribution in [2.24, 2.45) is 17.7 Å². The first kappa shape index (κ1) is 13.4. The molecule has 1 atom stereocenters. The maximum absolute atomic E-state index is 5.77. The van der Waals surface area contributed by atoms with Crippen molar-refractivity contribution in [3.63, 3.8) is 0 Å². The van der Waals surface area contributed by atoms with Crippen LogP contribution in [0.1, 0.15) is 44.2 Å². The van der Waals surface area contributed by atoms with Gasteiger partial charge in [0.2, 0.25) is 0 Å². The topological polar surface area (TPSA) is 47.3 Å². The lowest BCUT2D eigenvalue weighted by Gasteiger charge is -2.32. The lowest BCUT2D eigenvalue weighted by molar-refractivity contribution is 0.232. The van der Waals surface area contributed by atoms with Gasteiger partial charge in [0, 0.05) is 6.04 Å². The molecule has 1 aliphatic carbocycles. The van der Waals surface area contributed by atoms with Gasteiger partial charge in [0.1, 0.15) is 5.75 Å². The molecule has 1 aromatic carbocycles. The Morgan fingerprint density at radius 1 is 1.28 bits per heavy atom. The van der Waals surface area contributed by atoms with Crippen LogP contribution in [-0.2, 0) is 0 Å². The first-order valence-corrected chi connectivity index (χ1v) is 6.84. The smallest absolute Gasteiger partial charge is 0.119 e. The fourth-order valence-electron chi connectivity index (χ4n) is 2.96. The summed E-state index contributed by atoms with van der Waals surface area (Å²) in [6.07, 6.45) is 5.14. The molecular weight excluding hydrogens is 224 g/mol. The number of rotatable bonds is 4. The minimum absolute atomic E-state index is 0.243. The quantitative estimate of drug-likeness (QED) is 0.636. The molecule has 0 aromatic heterocycles. The van der Waals surface area contributed by atoms with Crippen LogP contribution in [0.3, 0.4) is 0 Å². The molecule has 0 spiro atoms. The van der Waals surface area contributed by atoms with Crippen molar-refractivity contribution in [2.45, 2.75) is 38.6 Å². The van der Waals surface area contributed by atoms with Gasteiger partial charge in [0.25, 0.3) is 0 Å². The van der Waals surface area contributed by atoms with E-state index in [1.54, 1.807) is 7.11 Å². The number of benzene rings is 1. The molecule has 0 aliphatic heterocycles. The van der Waals surface area contributed by atoms with Gasteiger partial charge in [-0.05, 0) is 42.4 Å². The Labute approximate surface area is 110 Å². The Balaban J connectivity index is 2.11. The highest BCUT2D eigenvalue weighted by atomic mass is 16.5. The average molecular weight is 248 g/mol. The molecule has 100 valence electrons. The first-order chi connectivity index (χ1) is 8.74. The maximum atomic E-state index is 5.77. The van der Waals surface area contributed by atoms with E-state index < -0.39 is 0 Å². The van der Waals surface area contributed by atoms with Crippen LogP contribution < -0.4 is 16.0 Å². The number of ether oxygens (including phenoxy) is 1. The summed E-state index contributed by atoms with van der Waals surface area (Å²) < 4.78 is 5.29. The van der Waals surface area contributed by atoms with E-state index in [-0.39, 0.29) is 6.04 Å². The molecule has 0 bridgehead atoms. The zero-order valence-corrected chi connectivity index (χ0v) is 11.4. The van der Waals surface area contributed by atoms with E-state index in [2.05, 4.69) is 24.5 Å². The zero-order valence-electron chi connectivity index (χ0n) is 11.4. The summed E-state index contributed by atoms with van der Waals surface area (Å²) >= 11 is 0. The molecule has 1 aliphatic rings. The highest BCUT2D eigenvalue weighted by Gasteiger charge is 2.26. The molecule has 3 heteroatoms. The van der Waals surface area contributed by atoms with Gasteiger partial charge < -0.3 is 4.74 Å². The van der Waals surface area contributed by atoms with Gasteiger partial charge in [-0.25, -0.2) is 0 Å². The van der Waals surface area contributed by atoms with Gasteiger partial charge >= 0.3 is 0 Å². The normalized spacial score (nSPS) is 25.7. The number of hydrazine groups is 1. The minimum Gasteiger partial charge on any atom is -0.497 e. The summed E-state index contributed by atoms with van der Waals surface area (Å²) in [7, 11) is 1.70. The number of hydrogen-bond acceptors (Lipinski definition) is 3. The predicted molar refractivity (Wildman–Crippen MR) is 74.2 cm³/mol. The molecule has 0 saturated heterocycles. The number of nitrogens with one attached hydrogen (secondary N) is 1. The van der Waals surface area contributed by atoms with Crippen LogP contribution in [-0.4, -0.2) is 7.11 Å². The van der Waals surface area contributed by atoms with Gasteiger partial charge in [0.05, 0.1) is 7.11 Å². The van der Waals surface area contributed by atoms with Crippen LogP contribution in [0.2, 0.25) is 0 Å². The Kier molecular flexibility index (Phi) is 4.61. The minimum atomic E-state index is 0.243. The van der Waals surface area contributed by atoms with Crippen molar-refractivity contribution in [2.75, 3.05) is 7.11 Å². The second kappa shape index (κ2) is 6.21. The molecule has 1 saturated carbocycles. The molecule has 0 radical (unpaired) electrons. The van der Waals surface area contributed by atoms with Crippen LogP contribution in [0.25, 0.3) is 0 Å². The molecule has 3 nitrogen and oxygen atoms in total. The van der Waals surface area contributed by atoms with Gasteiger partial charge in [-0.15, -0.1) is 0 Å². The van der Waals surface area contributed by atoms with Gasteiger partial charge in [-0.3, -0.25) is 11.3 Å². The largest absolute Gasteiger partial charge is 0.497 e. The SMILES string of the molecule is COc1cccc(C(NN)C2CCC(C)CC2)c1. The number of hydrogen-bond donors (Lipinski definition) is 2. The first-order valence-electron chi connectivity index (χ1n) is 6.84. The molecule has 1 unspecified atom stereocenters. The van der Waals surface area contributed by atoms with Gasteiger partial charge in [-0.2, -0.15) is 0 Å². The number of methoxy groups -OCH3 is 1. The van der Waals surface area contributed by atoms with E-state index >= 15 is 0 Å². The highest BCUT2D eigenvalue weighted by Crippen LogP contribution is 2.36. The summed E-state index contributed by atoms with van der Waals surface area (Å²) in [6, 6.07) is 8.46. The Morgan fingerprint density at radius 2 is 2.00 bits per heavy atom. The van der Waals surface area contributed by atoms with Crippen molar-refractivity contribution in [1.29, 1.82) is 0 Å². The van der Waals surface area contributed by atoms with Crippen LogP contribution in [0, 0.1) is 11.8 Å². The average Bonchev–Trinajstić information content (AvgIpc) is 2.42. The third-order valence-corrected chi connectivity index (χ3v) is 4.16. The Bertz CT molecular complexity index is 373. The van der Waals surface area contributed by atoms with Crippen molar-refractivity contribution < 1.29 is 4.74 Å². The van der Waals surface area contributed by atoms with Crippen LogP contribution >= 0.6 is 0 Å². The zero-order chi connectivity index (χ0) is 13.0. The van der Waals surface area contributed by atoms with E-state index in [0.717, 1.165) is 11.7 Å². The van der Waals surface area contributed by atoms with Crippen molar-refractivity contribution in [1.82, 2.24) is 5.43 Å². The van der Waals surface area contributed by atoms with Gasteiger partial charge in [0.15, 0.2) is 0 Å². The number of nitrogens with two attached hydrogens (primary N) is 1. The molecule has 0 amide bonds. The maximum Gasteiger partial charge on any atom is 0.119 e. The summed E-state index contributed by atoms with van der Waals surface area (Å²) in [5, 5.41) is 0. The Hall–Kier alpha value is -1.06. The lowest BCUT2D eigenvalue weighted by Crippen LogP contribution is -2.35. The molecule has 0 heterocycles.